The lowest BCUT2D eigenvalue weighted by atomic mass is 9.93. The van der Waals surface area contributed by atoms with E-state index in [4.69, 9.17) is 9.26 Å². The lowest BCUT2D eigenvalue weighted by Gasteiger charge is -2.38. The Morgan fingerprint density at radius 3 is 2.35 bits per heavy atom. The topological polar surface area (TPSA) is 202 Å². The van der Waals surface area contributed by atoms with Gasteiger partial charge in [0, 0.05) is 37.8 Å². The first kappa shape index (κ1) is 29.4. The van der Waals surface area contributed by atoms with Crippen LogP contribution in [0.2, 0.25) is 0 Å². The number of hydrogen-bond acceptors (Lipinski definition) is 10. The first-order chi connectivity index (χ1) is 17.2. The van der Waals surface area contributed by atoms with Crippen molar-refractivity contribution in [2.45, 2.75) is 95.3 Å². The molecule has 0 amide bonds. The number of aryl methyl sites for hydroxylation is 1. The zero-order valence-electron chi connectivity index (χ0n) is 21.6. The molecule has 37 heavy (non-hydrogen) atoms. The normalized spacial score (nSPS) is 25.6. The van der Waals surface area contributed by atoms with Gasteiger partial charge in [-0.3, -0.25) is 23.6 Å². The molecule has 6 atom stereocenters. The lowest BCUT2D eigenvalue weighted by Crippen LogP contribution is -2.40. The summed E-state index contributed by atoms with van der Waals surface area (Å²) in [5, 5.41) is 37.9. The highest BCUT2D eigenvalue weighted by Crippen LogP contribution is 2.60. The Bertz CT molecular complexity index is 1260. The quantitative estimate of drug-likeness (QED) is 0.240. The first-order valence-corrected chi connectivity index (χ1v) is 13.7. The Morgan fingerprint density at radius 2 is 1.81 bits per heavy atom. The molecule has 0 radical (unpaired) electrons. The van der Waals surface area contributed by atoms with Crippen LogP contribution in [0.4, 0.5) is 0 Å². The van der Waals surface area contributed by atoms with Gasteiger partial charge in [0.15, 0.2) is 11.6 Å². The van der Waals surface area contributed by atoms with Crippen molar-refractivity contribution < 1.29 is 34.0 Å². The molecule has 2 aromatic rings. The molecular formula is C22H36N5O9P. The lowest BCUT2D eigenvalue weighted by molar-refractivity contribution is -0.0721. The molecule has 1 aliphatic rings. The zero-order valence-corrected chi connectivity index (χ0v) is 22.5. The highest BCUT2D eigenvalue weighted by atomic mass is 31.2. The summed E-state index contributed by atoms with van der Waals surface area (Å²) in [6.45, 7) is 6.40. The number of nitrogens with one attached hydrogen (secondary N) is 1. The van der Waals surface area contributed by atoms with Gasteiger partial charge < -0.3 is 29.5 Å². The Kier molecular flexibility index (Phi) is 8.64. The summed E-state index contributed by atoms with van der Waals surface area (Å²) < 4.78 is 26.9. The van der Waals surface area contributed by atoms with E-state index in [0.29, 0.717) is 5.69 Å². The molecule has 0 aromatic carbocycles. The Labute approximate surface area is 213 Å². The van der Waals surface area contributed by atoms with Crippen LogP contribution in [-0.4, -0.2) is 74.0 Å². The van der Waals surface area contributed by atoms with Gasteiger partial charge in [0.2, 0.25) is 0 Å². The van der Waals surface area contributed by atoms with Crippen LogP contribution >= 0.6 is 7.60 Å². The number of nitrogens with zero attached hydrogens (tertiary/aromatic N) is 4. The van der Waals surface area contributed by atoms with Crippen molar-refractivity contribution in [3.63, 3.8) is 0 Å². The van der Waals surface area contributed by atoms with Gasteiger partial charge >= 0.3 is 13.3 Å². The van der Waals surface area contributed by atoms with Gasteiger partial charge in [0.05, 0.1) is 17.4 Å². The van der Waals surface area contributed by atoms with Gasteiger partial charge in [-0.25, -0.2) is 4.79 Å². The Morgan fingerprint density at radius 1 is 1.16 bits per heavy atom. The van der Waals surface area contributed by atoms with Crippen LogP contribution in [0.1, 0.15) is 70.9 Å². The van der Waals surface area contributed by atoms with E-state index in [-0.39, 0.29) is 37.7 Å². The Hall–Kier alpha value is -2.19. The molecule has 0 aliphatic carbocycles. The maximum absolute atomic E-state index is 13.0. The van der Waals surface area contributed by atoms with Crippen LogP contribution in [0, 0.1) is 0 Å². The van der Waals surface area contributed by atoms with Gasteiger partial charge in [-0.2, -0.15) is 0 Å². The largest absolute Gasteiger partial charge is 0.388 e. The summed E-state index contributed by atoms with van der Waals surface area (Å²) in [6, 6.07) is 0. The van der Waals surface area contributed by atoms with Crippen molar-refractivity contribution in [1.29, 1.82) is 0 Å². The SMILES string of the molecule is CCC(C)(CC1OC(n2cc(Cc3cn(C)nn3)c(=O)[nH]c2=O)C(O)C1O)OP(=O)(O)C(O)(CC)CC. The monoisotopic (exact) mass is 545 g/mol. The average molecular weight is 546 g/mol. The highest BCUT2D eigenvalue weighted by molar-refractivity contribution is 7.54. The van der Waals surface area contributed by atoms with Gasteiger partial charge in [-0.1, -0.05) is 26.0 Å². The molecule has 208 valence electrons. The molecule has 3 heterocycles. The molecule has 1 aliphatic heterocycles. The van der Waals surface area contributed by atoms with Crippen molar-refractivity contribution in [1.82, 2.24) is 24.5 Å². The second kappa shape index (κ2) is 10.9. The standard InChI is InChI=1S/C22H36N5O9P/c1-6-21(4,36-37(33,34)22(32,7-2)8-3)10-15-16(28)17(29)19(35-15)27-11-13(18(30)23-20(27)31)9-14-12-26(5)25-24-14/h11-12,15-17,19,28-29,32H,6-10H2,1-5H3,(H,33,34)(H,23,30,31). The molecule has 0 saturated carbocycles. The predicted octanol–water partition coefficient (Wildman–Crippen LogP) is 0.145. The number of H-pyrrole nitrogens is 1. The van der Waals surface area contributed by atoms with Crippen LogP contribution in [0.5, 0.6) is 0 Å². The average Bonchev–Trinajstić information content (AvgIpc) is 3.37. The number of ether oxygens (including phenoxy) is 1. The summed E-state index contributed by atoms with van der Waals surface area (Å²) in [5.74, 6) is 0. The summed E-state index contributed by atoms with van der Waals surface area (Å²) in [7, 11) is -2.85. The van der Waals surface area contributed by atoms with Crippen LogP contribution in [0.3, 0.4) is 0 Å². The second-order valence-corrected chi connectivity index (χ2v) is 11.8. The minimum Gasteiger partial charge on any atom is -0.388 e. The van der Waals surface area contributed by atoms with Crippen LogP contribution in [0.15, 0.2) is 22.0 Å². The van der Waals surface area contributed by atoms with Gasteiger partial charge in [-0.15, -0.1) is 5.10 Å². The van der Waals surface area contributed by atoms with E-state index in [2.05, 4.69) is 15.3 Å². The van der Waals surface area contributed by atoms with Crippen LogP contribution in [0.25, 0.3) is 0 Å². The molecule has 2 aromatic heterocycles. The molecule has 5 N–H and O–H groups in total. The highest BCUT2D eigenvalue weighted by Gasteiger charge is 2.51. The van der Waals surface area contributed by atoms with E-state index >= 15 is 0 Å². The third kappa shape index (κ3) is 5.95. The summed E-state index contributed by atoms with van der Waals surface area (Å²) in [4.78, 5) is 37.7. The molecule has 14 nitrogen and oxygen atoms in total. The van der Waals surface area contributed by atoms with E-state index < -0.39 is 54.3 Å². The molecule has 1 fully saturated rings. The minimum absolute atomic E-state index is 0.00750. The van der Waals surface area contributed by atoms with E-state index in [1.54, 1.807) is 40.9 Å². The zero-order chi connectivity index (χ0) is 27.8. The molecule has 6 unspecified atom stereocenters. The van der Waals surface area contributed by atoms with E-state index in [9.17, 15) is 34.4 Å². The number of aromatic amines is 1. The van der Waals surface area contributed by atoms with Crippen molar-refractivity contribution >= 4 is 7.60 Å². The van der Waals surface area contributed by atoms with E-state index in [1.165, 1.54) is 10.9 Å². The number of aliphatic hydroxyl groups is 3. The third-order valence-corrected chi connectivity index (χ3v) is 9.43. The smallest absolute Gasteiger partial charge is 0.359 e. The minimum atomic E-state index is -4.52. The first-order valence-electron chi connectivity index (χ1n) is 12.2. The number of aromatic nitrogens is 5. The fraction of sp³-hybridized carbons (Fsp3) is 0.727. The second-order valence-electron chi connectivity index (χ2n) is 9.74. The molecule has 0 spiro atoms. The van der Waals surface area contributed by atoms with E-state index in [0.717, 1.165) is 4.57 Å². The molecule has 15 heteroatoms. The fourth-order valence-electron chi connectivity index (χ4n) is 4.35. The fourth-order valence-corrected chi connectivity index (χ4v) is 6.12. The maximum Gasteiger partial charge on any atom is 0.359 e. The van der Waals surface area contributed by atoms with Gasteiger partial charge in [0.1, 0.15) is 12.2 Å². The molecule has 0 bridgehead atoms. The van der Waals surface area contributed by atoms with Crippen molar-refractivity contribution in [2.24, 2.45) is 7.05 Å². The van der Waals surface area contributed by atoms with Crippen LogP contribution in [-0.2, 0) is 27.3 Å². The number of rotatable bonds is 11. The maximum atomic E-state index is 13.0. The third-order valence-electron chi connectivity index (χ3n) is 7.06. The summed E-state index contributed by atoms with van der Waals surface area (Å²) >= 11 is 0. The number of hydrogen-bond donors (Lipinski definition) is 5. The van der Waals surface area contributed by atoms with Crippen molar-refractivity contribution in [3.8, 4) is 0 Å². The summed E-state index contributed by atoms with van der Waals surface area (Å²) in [5.41, 5.74) is -2.17. The van der Waals surface area contributed by atoms with Crippen LogP contribution < -0.4 is 11.2 Å². The Balaban J connectivity index is 1.85. The van der Waals surface area contributed by atoms with Gasteiger partial charge in [0.25, 0.3) is 5.56 Å². The van der Waals surface area contributed by atoms with Crippen molar-refractivity contribution in [2.75, 3.05) is 0 Å². The van der Waals surface area contributed by atoms with Crippen molar-refractivity contribution in [3.05, 3.63) is 44.5 Å². The van der Waals surface area contributed by atoms with E-state index in [1.807, 2.05) is 0 Å². The number of aliphatic hydroxyl groups excluding tert-OH is 2. The summed E-state index contributed by atoms with van der Waals surface area (Å²) in [6.07, 6.45) is -2.50. The molecular weight excluding hydrogens is 509 g/mol. The van der Waals surface area contributed by atoms with Gasteiger partial charge in [-0.05, 0) is 26.2 Å². The molecule has 3 rings (SSSR count). The predicted molar refractivity (Wildman–Crippen MR) is 131 cm³/mol. The molecule has 1 saturated heterocycles.